The topological polar surface area (TPSA) is 0 Å². The fraction of sp³-hybridized carbons (Fsp3) is 0.846. The van der Waals surface area contributed by atoms with E-state index >= 15 is 0 Å². The first-order valence-electron chi connectivity index (χ1n) is 5.62. The van der Waals surface area contributed by atoms with Gasteiger partial charge < -0.3 is 0 Å². The molecule has 1 atom stereocenters. The molecule has 0 aliphatic carbocycles. The molecule has 0 aromatic heterocycles. The number of rotatable bonds is 5. The van der Waals surface area contributed by atoms with Gasteiger partial charge in [0, 0.05) is 0 Å². The van der Waals surface area contributed by atoms with Crippen molar-refractivity contribution in [3.05, 3.63) is 11.6 Å². The van der Waals surface area contributed by atoms with Crippen LogP contribution >= 0.6 is 0 Å². The maximum absolute atomic E-state index is 2.42. The molecule has 0 rings (SSSR count). The Hall–Kier alpha value is -0.260. The Morgan fingerprint density at radius 1 is 1.31 bits per heavy atom. The number of hydrogen-bond acceptors (Lipinski definition) is 0. The van der Waals surface area contributed by atoms with Gasteiger partial charge in [0.2, 0.25) is 0 Å². The van der Waals surface area contributed by atoms with Gasteiger partial charge in [-0.05, 0) is 31.6 Å². The van der Waals surface area contributed by atoms with E-state index in [0.717, 1.165) is 5.92 Å². The second kappa shape index (κ2) is 5.47. The zero-order valence-corrected chi connectivity index (χ0v) is 10.3. The lowest BCUT2D eigenvalue weighted by Gasteiger charge is -2.34. The average Bonchev–Trinajstić information content (AvgIpc) is 2.16. The highest BCUT2D eigenvalue weighted by atomic mass is 14.3. The Labute approximate surface area is 84.4 Å². The first kappa shape index (κ1) is 12.7. The van der Waals surface area contributed by atoms with Crippen molar-refractivity contribution in [2.75, 3.05) is 0 Å². The van der Waals surface area contributed by atoms with Crippen molar-refractivity contribution >= 4 is 0 Å². The lowest BCUT2D eigenvalue weighted by molar-refractivity contribution is 0.182. The average molecular weight is 182 g/mol. The summed E-state index contributed by atoms with van der Waals surface area (Å²) in [5.41, 5.74) is 2.06. The van der Waals surface area contributed by atoms with Crippen LogP contribution in [-0.2, 0) is 0 Å². The van der Waals surface area contributed by atoms with Crippen LogP contribution in [0, 0.1) is 11.3 Å². The predicted octanol–water partition coefficient (Wildman–Crippen LogP) is 4.81. The Bertz CT molecular complexity index is 161. The van der Waals surface area contributed by atoms with Crippen molar-refractivity contribution < 1.29 is 0 Å². The monoisotopic (exact) mass is 182 g/mol. The van der Waals surface area contributed by atoms with Crippen LogP contribution in [0.5, 0.6) is 0 Å². The summed E-state index contributed by atoms with van der Waals surface area (Å²) in [4.78, 5) is 0. The Morgan fingerprint density at radius 2 is 1.77 bits per heavy atom. The van der Waals surface area contributed by atoms with Crippen LogP contribution in [0.25, 0.3) is 0 Å². The molecule has 78 valence electrons. The van der Waals surface area contributed by atoms with Gasteiger partial charge in [0.15, 0.2) is 0 Å². The maximum atomic E-state index is 2.42. The molecule has 0 nitrogen and oxygen atoms in total. The first-order chi connectivity index (χ1) is 6.00. The van der Waals surface area contributed by atoms with E-state index in [-0.39, 0.29) is 0 Å². The van der Waals surface area contributed by atoms with Crippen LogP contribution in [0.1, 0.15) is 60.8 Å². The first-order valence-corrected chi connectivity index (χ1v) is 5.62. The molecule has 0 heterocycles. The van der Waals surface area contributed by atoms with Crippen molar-refractivity contribution in [1.29, 1.82) is 0 Å². The van der Waals surface area contributed by atoms with E-state index in [0.29, 0.717) is 5.41 Å². The Balaban J connectivity index is 4.30. The van der Waals surface area contributed by atoms with E-state index in [1.807, 2.05) is 0 Å². The molecule has 13 heavy (non-hydrogen) atoms. The molecule has 0 amide bonds. The highest BCUT2D eigenvalue weighted by Crippen LogP contribution is 2.37. The third-order valence-electron chi connectivity index (χ3n) is 3.93. The summed E-state index contributed by atoms with van der Waals surface area (Å²) in [5, 5.41) is 0. The summed E-state index contributed by atoms with van der Waals surface area (Å²) in [7, 11) is 0. The van der Waals surface area contributed by atoms with Crippen molar-refractivity contribution in [3.8, 4) is 0 Å². The Morgan fingerprint density at radius 3 is 2.08 bits per heavy atom. The summed E-state index contributed by atoms with van der Waals surface area (Å²) in [6.07, 6.45) is 6.08. The van der Waals surface area contributed by atoms with Crippen LogP contribution in [0.4, 0.5) is 0 Å². The van der Waals surface area contributed by atoms with Gasteiger partial charge >= 0.3 is 0 Å². The van der Waals surface area contributed by atoms with Gasteiger partial charge in [-0.2, -0.15) is 0 Å². The van der Waals surface area contributed by atoms with Gasteiger partial charge in [0.1, 0.15) is 0 Å². The van der Waals surface area contributed by atoms with Crippen molar-refractivity contribution in [1.82, 2.24) is 0 Å². The van der Waals surface area contributed by atoms with E-state index in [1.165, 1.54) is 24.8 Å². The van der Waals surface area contributed by atoms with Crippen LogP contribution in [0.3, 0.4) is 0 Å². The second-order valence-electron chi connectivity index (χ2n) is 4.60. The molecule has 0 N–H and O–H groups in total. The van der Waals surface area contributed by atoms with Gasteiger partial charge in [0.25, 0.3) is 0 Å². The third-order valence-corrected chi connectivity index (χ3v) is 3.93. The molecular formula is C13H26. The lowest BCUT2D eigenvalue weighted by atomic mass is 9.71. The normalized spacial score (nSPS) is 16.0. The molecule has 0 aliphatic heterocycles. The number of hydrogen-bond donors (Lipinski definition) is 0. The minimum atomic E-state index is 0.532. The van der Waals surface area contributed by atoms with Gasteiger partial charge in [0.05, 0.1) is 0 Å². The Kier molecular flexibility index (Phi) is 5.36. The van der Waals surface area contributed by atoms with Crippen LogP contribution in [-0.4, -0.2) is 0 Å². The molecule has 0 heteroatoms. The smallest absolute Gasteiger partial charge is 0.0292 e. The summed E-state index contributed by atoms with van der Waals surface area (Å²) >= 11 is 0. The van der Waals surface area contributed by atoms with Gasteiger partial charge in [-0.3, -0.25) is 0 Å². The summed E-state index contributed by atoms with van der Waals surface area (Å²) in [6.45, 7) is 13.8. The molecule has 0 aromatic carbocycles. The van der Waals surface area contributed by atoms with E-state index < -0.39 is 0 Å². The molecule has 0 spiro atoms. The molecule has 0 saturated carbocycles. The maximum Gasteiger partial charge on any atom is -0.0292 e. The van der Waals surface area contributed by atoms with Crippen LogP contribution in [0.2, 0.25) is 0 Å². The SMILES string of the molecule is CC=C(C)CC(C)C(C)(CC)CC. The predicted molar refractivity (Wildman–Crippen MR) is 61.9 cm³/mol. The quantitative estimate of drug-likeness (QED) is 0.535. The van der Waals surface area contributed by atoms with Crippen molar-refractivity contribution in [2.24, 2.45) is 11.3 Å². The minimum absolute atomic E-state index is 0.532. The van der Waals surface area contributed by atoms with Gasteiger partial charge in [-0.15, -0.1) is 0 Å². The standard InChI is InChI=1S/C13H26/c1-7-11(4)10-12(5)13(6,8-2)9-3/h7,12H,8-10H2,1-6H3. The molecule has 0 bridgehead atoms. The number of allylic oxidation sites excluding steroid dienone is 2. The van der Waals surface area contributed by atoms with E-state index in [2.05, 4.69) is 47.6 Å². The molecule has 0 radical (unpaired) electrons. The molecule has 0 saturated heterocycles. The van der Waals surface area contributed by atoms with E-state index in [1.54, 1.807) is 0 Å². The summed E-state index contributed by atoms with van der Waals surface area (Å²) < 4.78 is 0. The minimum Gasteiger partial charge on any atom is -0.0887 e. The van der Waals surface area contributed by atoms with Crippen molar-refractivity contribution in [2.45, 2.75) is 60.8 Å². The zero-order chi connectivity index (χ0) is 10.5. The van der Waals surface area contributed by atoms with E-state index in [4.69, 9.17) is 0 Å². The highest BCUT2D eigenvalue weighted by molar-refractivity contribution is 4.98. The summed E-state index contributed by atoms with van der Waals surface area (Å²) in [6, 6.07) is 0. The molecular weight excluding hydrogens is 156 g/mol. The third kappa shape index (κ3) is 3.54. The second-order valence-corrected chi connectivity index (χ2v) is 4.60. The fourth-order valence-electron chi connectivity index (χ4n) is 1.79. The van der Waals surface area contributed by atoms with Crippen molar-refractivity contribution in [3.63, 3.8) is 0 Å². The van der Waals surface area contributed by atoms with Gasteiger partial charge in [-0.1, -0.05) is 52.2 Å². The highest BCUT2D eigenvalue weighted by Gasteiger charge is 2.26. The van der Waals surface area contributed by atoms with E-state index in [9.17, 15) is 0 Å². The largest absolute Gasteiger partial charge is 0.0887 e. The lowest BCUT2D eigenvalue weighted by Crippen LogP contribution is -2.23. The van der Waals surface area contributed by atoms with Gasteiger partial charge in [-0.25, -0.2) is 0 Å². The fourth-order valence-corrected chi connectivity index (χ4v) is 1.79. The molecule has 1 unspecified atom stereocenters. The molecule has 0 fully saturated rings. The zero-order valence-electron chi connectivity index (χ0n) is 10.3. The molecule has 0 aliphatic rings. The van der Waals surface area contributed by atoms with Crippen LogP contribution < -0.4 is 0 Å². The summed E-state index contributed by atoms with van der Waals surface area (Å²) in [5.74, 6) is 0.804. The molecule has 0 aromatic rings. The van der Waals surface area contributed by atoms with Crippen LogP contribution in [0.15, 0.2) is 11.6 Å².